The van der Waals surface area contributed by atoms with E-state index in [0.717, 1.165) is 29.2 Å². The van der Waals surface area contributed by atoms with Crippen LogP contribution in [-0.2, 0) is 17.6 Å². The normalized spacial score (nSPS) is 14.1. The van der Waals surface area contributed by atoms with Crippen molar-refractivity contribution < 1.29 is 4.79 Å². The molecule has 0 fully saturated rings. The molecule has 1 aliphatic rings. The van der Waals surface area contributed by atoms with Crippen LogP contribution in [0.5, 0.6) is 0 Å². The van der Waals surface area contributed by atoms with Gasteiger partial charge in [0.25, 0.3) is 0 Å². The van der Waals surface area contributed by atoms with Crippen LogP contribution < -0.4 is 5.32 Å². The van der Waals surface area contributed by atoms with Crippen molar-refractivity contribution in [2.75, 3.05) is 5.32 Å². The maximum atomic E-state index is 12.1. The standard InChI is InChI=1S/C19H22N4OS/c1-11(2)18(24)21-17-8-12(3)22-23(17)19-20-15-9-13-6-4-5-7-14(13)10-16(15)25-19/h8-11H,4-7H2,1-3H3,(H,21,24). The number of amides is 1. The fourth-order valence-corrected chi connectivity index (χ4v) is 4.22. The van der Waals surface area contributed by atoms with Gasteiger partial charge < -0.3 is 5.32 Å². The summed E-state index contributed by atoms with van der Waals surface area (Å²) in [4.78, 5) is 16.9. The van der Waals surface area contributed by atoms with Gasteiger partial charge in [-0.2, -0.15) is 9.78 Å². The number of nitrogens with one attached hydrogen (secondary N) is 1. The summed E-state index contributed by atoms with van der Waals surface area (Å²) in [5, 5.41) is 8.29. The molecule has 0 saturated carbocycles. The number of aryl methyl sites for hydroxylation is 3. The number of anilines is 1. The zero-order valence-electron chi connectivity index (χ0n) is 14.8. The molecule has 0 atom stereocenters. The van der Waals surface area contributed by atoms with Gasteiger partial charge in [0.15, 0.2) is 0 Å². The Kier molecular flexibility index (Phi) is 4.07. The number of rotatable bonds is 3. The summed E-state index contributed by atoms with van der Waals surface area (Å²) in [6.07, 6.45) is 4.84. The Balaban J connectivity index is 1.76. The smallest absolute Gasteiger partial charge is 0.228 e. The first kappa shape index (κ1) is 16.3. The molecule has 5 nitrogen and oxygen atoms in total. The molecule has 0 unspecified atom stereocenters. The monoisotopic (exact) mass is 354 g/mol. The second-order valence-electron chi connectivity index (χ2n) is 7.02. The molecule has 1 aliphatic carbocycles. The molecule has 1 N–H and O–H groups in total. The van der Waals surface area contributed by atoms with Gasteiger partial charge in [-0.25, -0.2) is 4.98 Å². The molecule has 0 aliphatic heterocycles. The summed E-state index contributed by atoms with van der Waals surface area (Å²) in [6.45, 7) is 5.68. The summed E-state index contributed by atoms with van der Waals surface area (Å²) in [5.41, 5.74) is 4.77. The fraction of sp³-hybridized carbons (Fsp3) is 0.421. The number of fused-ring (bicyclic) bond motifs is 2. The molecule has 2 heterocycles. The maximum absolute atomic E-state index is 12.1. The zero-order chi connectivity index (χ0) is 17.6. The second kappa shape index (κ2) is 6.26. The first-order valence-corrected chi connectivity index (χ1v) is 9.63. The van der Waals surface area contributed by atoms with Crippen molar-refractivity contribution >= 4 is 33.3 Å². The van der Waals surface area contributed by atoms with Gasteiger partial charge in [0.2, 0.25) is 11.0 Å². The number of benzene rings is 1. The average molecular weight is 354 g/mol. The minimum absolute atomic E-state index is 0.0160. The largest absolute Gasteiger partial charge is 0.310 e. The Hall–Kier alpha value is -2.21. The Labute approximate surface area is 151 Å². The van der Waals surface area contributed by atoms with Crippen molar-refractivity contribution in [3.05, 3.63) is 35.0 Å². The quantitative estimate of drug-likeness (QED) is 0.764. The van der Waals surface area contributed by atoms with E-state index in [1.807, 2.05) is 26.8 Å². The van der Waals surface area contributed by atoms with Gasteiger partial charge in [0.1, 0.15) is 5.82 Å². The summed E-state index contributed by atoms with van der Waals surface area (Å²) < 4.78 is 2.93. The molecular formula is C19H22N4OS. The molecule has 2 aromatic heterocycles. The molecule has 130 valence electrons. The molecular weight excluding hydrogens is 332 g/mol. The van der Waals surface area contributed by atoms with E-state index in [9.17, 15) is 4.79 Å². The van der Waals surface area contributed by atoms with E-state index in [4.69, 9.17) is 4.98 Å². The Morgan fingerprint density at radius 2 is 1.92 bits per heavy atom. The maximum Gasteiger partial charge on any atom is 0.228 e. The lowest BCUT2D eigenvalue weighted by Crippen LogP contribution is -2.19. The molecule has 0 radical (unpaired) electrons. The molecule has 1 aromatic carbocycles. The minimum Gasteiger partial charge on any atom is -0.310 e. The summed E-state index contributed by atoms with van der Waals surface area (Å²) in [6, 6.07) is 6.40. The van der Waals surface area contributed by atoms with Crippen molar-refractivity contribution in [2.24, 2.45) is 5.92 Å². The highest BCUT2D eigenvalue weighted by molar-refractivity contribution is 7.20. The van der Waals surface area contributed by atoms with E-state index in [1.165, 1.54) is 28.7 Å². The van der Waals surface area contributed by atoms with Gasteiger partial charge in [0.05, 0.1) is 15.9 Å². The van der Waals surface area contributed by atoms with Crippen LogP contribution in [-0.4, -0.2) is 20.7 Å². The van der Waals surface area contributed by atoms with Gasteiger partial charge in [0, 0.05) is 12.0 Å². The van der Waals surface area contributed by atoms with Crippen LogP contribution >= 0.6 is 11.3 Å². The van der Waals surface area contributed by atoms with Crippen LogP contribution in [0.1, 0.15) is 43.5 Å². The summed E-state index contributed by atoms with van der Waals surface area (Å²) in [7, 11) is 0. The van der Waals surface area contributed by atoms with Crippen LogP contribution in [0.2, 0.25) is 0 Å². The van der Waals surface area contributed by atoms with Crippen molar-refractivity contribution in [1.82, 2.24) is 14.8 Å². The third-order valence-corrected chi connectivity index (χ3v) is 5.62. The van der Waals surface area contributed by atoms with Crippen molar-refractivity contribution in [1.29, 1.82) is 0 Å². The Morgan fingerprint density at radius 3 is 2.64 bits per heavy atom. The predicted octanol–water partition coefficient (Wildman–Crippen LogP) is 4.26. The lowest BCUT2D eigenvalue weighted by atomic mass is 9.92. The van der Waals surface area contributed by atoms with Crippen molar-refractivity contribution in [3.63, 3.8) is 0 Å². The third kappa shape index (κ3) is 3.06. The van der Waals surface area contributed by atoms with Crippen molar-refractivity contribution in [2.45, 2.75) is 46.5 Å². The molecule has 1 amide bonds. The third-order valence-electron chi connectivity index (χ3n) is 4.63. The van der Waals surface area contributed by atoms with Gasteiger partial charge in [-0.3, -0.25) is 4.79 Å². The average Bonchev–Trinajstić information content (AvgIpc) is 3.15. The number of aromatic nitrogens is 3. The summed E-state index contributed by atoms with van der Waals surface area (Å²) in [5.74, 6) is 0.587. The van der Waals surface area contributed by atoms with Crippen LogP contribution in [0.15, 0.2) is 18.2 Å². The molecule has 0 spiro atoms. The Bertz CT molecular complexity index is 911. The van der Waals surface area contributed by atoms with Crippen LogP contribution in [0.3, 0.4) is 0 Å². The highest BCUT2D eigenvalue weighted by atomic mass is 32.1. The minimum atomic E-state index is -0.0780. The zero-order valence-corrected chi connectivity index (χ0v) is 15.6. The van der Waals surface area contributed by atoms with E-state index in [1.54, 1.807) is 16.0 Å². The first-order chi connectivity index (χ1) is 12.0. The second-order valence-corrected chi connectivity index (χ2v) is 8.03. The number of hydrogen-bond donors (Lipinski definition) is 1. The first-order valence-electron chi connectivity index (χ1n) is 8.81. The lowest BCUT2D eigenvalue weighted by Gasteiger charge is -2.14. The Morgan fingerprint density at radius 1 is 1.20 bits per heavy atom. The number of carbonyl (C=O) groups excluding carboxylic acids is 1. The van der Waals surface area contributed by atoms with Crippen LogP contribution in [0.25, 0.3) is 15.3 Å². The molecule has 25 heavy (non-hydrogen) atoms. The SMILES string of the molecule is Cc1cc(NC(=O)C(C)C)n(-c2nc3cc4c(cc3s2)CCCC4)n1. The van der Waals surface area contributed by atoms with Gasteiger partial charge >= 0.3 is 0 Å². The van der Waals surface area contributed by atoms with Crippen LogP contribution in [0.4, 0.5) is 5.82 Å². The number of nitrogens with zero attached hydrogens (tertiary/aromatic N) is 3. The van der Waals surface area contributed by atoms with Crippen LogP contribution in [0, 0.1) is 12.8 Å². The van der Waals surface area contributed by atoms with E-state index in [-0.39, 0.29) is 11.8 Å². The molecule has 3 aromatic rings. The van der Waals surface area contributed by atoms with Crippen molar-refractivity contribution in [3.8, 4) is 5.13 Å². The van der Waals surface area contributed by atoms with E-state index >= 15 is 0 Å². The number of hydrogen-bond acceptors (Lipinski definition) is 4. The van der Waals surface area contributed by atoms with E-state index in [2.05, 4.69) is 22.5 Å². The van der Waals surface area contributed by atoms with Gasteiger partial charge in [-0.15, -0.1) is 0 Å². The molecule has 4 rings (SSSR count). The number of carbonyl (C=O) groups is 1. The van der Waals surface area contributed by atoms with E-state index < -0.39 is 0 Å². The lowest BCUT2D eigenvalue weighted by molar-refractivity contribution is -0.118. The molecule has 6 heteroatoms. The highest BCUT2D eigenvalue weighted by Crippen LogP contribution is 2.32. The molecule has 0 bridgehead atoms. The number of thiazole rings is 1. The predicted molar refractivity (Wildman–Crippen MR) is 102 cm³/mol. The van der Waals surface area contributed by atoms with Gasteiger partial charge in [-0.1, -0.05) is 25.2 Å². The fourth-order valence-electron chi connectivity index (χ4n) is 3.24. The summed E-state index contributed by atoms with van der Waals surface area (Å²) >= 11 is 1.62. The van der Waals surface area contributed by atoms with Gasteiger partial charge in [-0.05, 0) is 55.9 Å². The topological polar surface area (TPSA) is 59.8 Å². The molecule has 0 saturated heterocycles. The van der Waals surface area contributed by atoms with E-state index in [0.29, 0.717) is 5.82 Å². The highest BCUT2D eigenvalue weighted by Gasteiger charge is 2.17.